The number of hydrogen-bond donors (Lipinski definition) is 0. The van der Waals surface area contributed by atoms with E-state index < -0.39 is 0 Å². The third kappa shape index (κ3) is 6.37. The summed E-state index contributed by atoms with van der Waals surface area (Å²) in [6, 6.07) is 94.7. The molecule has 15 aromatic carbocycles. The van der Waals surface area contributed by atoms with Gasteiger partial charge in [-0.3, -0.25) is 9.13 Å². The molecule has 0 saturated heterocycles. The summed E-state index contributed by atoms with van der Waals surface area (Å²) >= 11 is 0. The summed E-state index contributed by atoms with van der Waals surface area (Å²) in [5.74, 6) is 4.51. The largest absolute Gasteiger partial charge is 0.456 e. The lowest BCUT2D eigenvalue weighted by molar-refractivity contribution is 0.486. The second-order valence-electron chi connectivity index (χ2n) is 23.8. The van der Waals surface area contributed by atoms with Crippen LogP contribution in [0.4, 0.5) is 0 Å². The Morgan fingerprint density at radius 2 is 0.656 bits per heavy atom. The van der Waals surface area contributed by atoms with Crippen LogP contribution in [0.5, 0.6) is 23.0 Å². The number of hydrogen-bond acceptors (Lipinski definition) is 6. The predicted octanol–water partition coefficient (Wildman–Crippen LogP) is 21.6. The number of rotatable bonds is 2. The Bertz CT molecular complexity index is 6500. The van der Waals surface area contributed by atoms with Crippen molar-refractivity contribution in [3.8, 4) is 79.7 Å². The van der Waals surface area contributed by atoms with Crippen LogP contribution in [0.25, 0.3) is 187 Å². The smallest absolute Gasteiger partial charge is 0.235 e. The van der Waals surface area contributed by atoms with Gasteiger partial charge in [0.2, 0.25) is 11.9 Å². The van der Waals surface area contributed by atoms with Crippen LogP contribution in [0.2, 0.25) is 0 Å². The zero-order valence-corrected chi connectivity index (χ0v) is 47.9. The molecular formula is C82H44N6O2. The summed E-state index contributed by atoms with van der Waals surface area (Å²) < 4.78 is 17.2. The van der Waals surface area contributed by atoms with Crippen molar-refractivity contribution in [2.24, 2.45) is 0 Å². The summed E-state index contributed by atoms with van der Waals surface area (Å²) in [6.45, 7) is 0. The van der Waals surface area contributed by atoms with Crippen LogP contribution in [0.1, 0.15) is 0 Å². The van der Waals surface area contributed by atoms with E-state index in [1.54, 1.807) is 0 Å². The van der Waals surface area contributed by atoms with Gasteiger partial charge in [0, 0.05) is 38.1 Å². The van der Waals surface area contributed by atoms with Crippen molar-refractivity contribution in [3.05, 3.63) is 267 Å². The lowest BCUT2D eigenvalue weighted by Gasteiger charge is -2.21. The fourth-order valence-electron chi connectivity index (χ4n) is 15.6. The minimum absolute atomic E-state index is 0.650. The van der Waals surface area contributed by atoms with Gasteiger partial charge in [0.15, 0.2) is 0 Å². The second-order valence-corrected chi connectivity index (χ2v) is 23.8. The topological polar surface area (TPSA) is 79.9 Å². The molecule has 1 aliphatic carbocycles. The molecule has 8 nitrogen and oxygen atoms in total. The number of ether oxygens (including phenoxy) is 2. The van der Waals surface area contributed by atoms with Crippen molar-refractivity contribution in [2.45, 2.75) is 0 Å². The molecule has 0 bridgehead atoms. The van der Waals surface area contributed by atoms with Crippen LogP contribution in [0.15, 0.2) is 267 Å². The molecule has 414 valence electrons. The Hall–Kier alpha value is -12.3. The molecule has 22 rings (SSSR count). The van der Waals surface area contributed by atoms with E-state index in [0.29, 0.717) is 11.9 Å². The van der Waals surface area contributed by atoms with Crippen LogP contribution in [-0.4, -0.2) is 29.1 Å². The highest BCUT2D eigenvalue weighted by molar-refractivity contribution is 6.39. The molecule has 0 saturated carbocycles. The SMILES string of the molecule is c1ccc2c(c1)Oc1cccc3nc(-n4c5ccc6ccccc6c5c5c6ccc7ccccc7c6c6ccccc6c54)nc-2c13.c1ccc2c(c1)Oc1cccc3nc(-n4c5ccc6ccccc6c5c5c6cccc7c6c(cc54)-c4ccccc4-7)nc-2c13. The Morgan fingerprint density at radius 1 is 0.233 bits per heavy atom. The highest BCUT2D eigenvalue weighted by Gasteiger charge is 2.31. The minimum Gasteiger partial charge on any atom is -0.456 e. The Morgan fingerprint density at radius 3 is 1.28 bits per heavy atom. The Labute approximate surface area is 512 Å². The molecule has 0 radical (unpaired) electrons. The lowest BCUT2D eigenvalue weighted by atomic mass is 9.92. The maximum atomic E-state index is 6.32. The van der Waals surface area contributed by atoms with Crippen LogP contribution in [0, 0.1) is 0 Å². The average molecular weight is 1150 g/mol. The molecule has 19 aromatic rings. The van der Waals surface area contributed by atoms with Gasteiger partial charge in [0.1, 0.15) is 23.0 Å². The normalized spacial score (nSPS) is 12.6. The molecule has 6 heterocycles. The highest BCUT2D eigenvalue weighted by atomic mass is 16.5. The second kappa shape index (κ2) is 17.7. The van der Waals surface area contributed by atoms with E-state index in [-0.39, 0.29) is 0 Å². The van der Waals surface area contributed by atoms with E-state index in [0.717, 1.165) is 89.4 Å². The van der Waals surface area contributed by atoms with Crippen molar-refractivity contribution in [2.75, 3.05) is 0 Å². The van der Waals surface area contributed by atoms with Crippen LogP contribution >= 0.6 is 0 Å². The van der Waals surface area contributed by atoms with Crippen molar-refractivity contribution in [1.29, 1.82) is 0 Å². The van der Waals surface area contributed by atoms with Gasteiger partial charge in [-0.15, -0.1) is 0 Å². The highest BCUT2D eigenvalue weighted by Crippen LogP contribution is 2.54. The average Bonchev–Trinajstić information content (AvgIpc) is 1.89. The van der Waals surface area contributed by atoms with Crippen LogP contribution < -0.4 is 9.47 Å². The molecule has 0 amide bonds. The lowest BCUT2D eigenvalue weighted by Crippen LogP contribution is -2.06. The van der Waals surface area contributed by atoms with E-state index in [9.17, 15) is 0 Å². The van der Waals surface area contributed by atoms with E-state index in [4.69, 9.17) is 29.4 Å². The summed E-state index contributed by atoms with van der Waals surface area (Å²) in [5.41, 5.74) is 15.0. The van der Waals surface area contributed by atoms with Crippen LogP contribution in [0.3, 0.4) is 0 Å². The van der Waals surface area contributed by atoms with Crippen molar-refractivity contribution in [3.63, 3.8) is 0 Å². The monoisotopic (exact) mass is 1140 g/mol. The van der Waals surface area contributed by atoms with Gasteiger partial charge < -0.3 is 9.47 Å². The molecule has 0 spiro atoms. The van der Waals surface area contributed by atoms with Gasteiger partial charge in [0.25, 0.3) is 0 Å². The van der Waals surface area contributed by atoms with Gasteiger partial charge in [-0.05, 0) is 148 Å². The molecule has 2 aliphatic heterocycles. The number of nitrogens with zero attached hydrogens (tertiary/aromatic N) is 6. The maximum Gasteiger partial charge on any atom is 0.235 e. The molecule has 0 fully saturated rings. The molecule has 3 aliphatic rings. The Balaban J connectivity index is 0.000000122. The zero-order valence-electron chi connectivity index (χ0n) is 47.9. The van der Waals surface area contributed by atoms with E-state index in [1.165, 1.54) is 108 Å². The first-order valence-electron chi connectivity index (χ1n) is 30.5. The van der Waals surface area contributed by atoms with Crippen molar-refractivity contribution < 1.29 is 9.47 Å². The van der Waals surface area contributed by atoms with Crippen molar-refractivity contribution in [1.82, 2.24) is 29.1 Å². The summed E-state index contributed by atoms with van der Waals surface area (Å²) in [4.78, 5) is 21.3. The van der Waals surface area contributed by atoms with Gasteiger partial charge >= 0.3 is 0 Å². The molecular weight excluding hydrogens is 1100 g/mol. The summed E-state index contributed by atoms with van der Waals surface area (Å²) in [6.07, 6.45) is 0. The quantitative estimate of drug-likeness (QED) is 0.161. The fourth-order valence-corrected chi connectivity index (χ4v) is 15.6. The number of fused-ring (bicyclic) bond motifs is 25. The predicted molar refractivity (Wildman–Crippen MR) is 368 cm³/mol. The summed E-state index contributed by atoms with van der Waals surface area (Å²) in [5, 5.41) is 21.7. The fraction of sp³-hybridized carbons (Fsp3) is 0. The van der Waals surface area contributed by atoms with E-state index in [2.05, 4.69) is 215 Å². The van der Waals surface area contributed by atoms with Gasteiger partial charge in [0.05, 0.1) is 55.3 Å². The third-order valence-corrected chi connectivity index (χ3v) is 19.3. The molecule has 8 heteroatoms. The number of para-hydroxylation sites is 2. The molecule has 0 atom stereocenters. The van der Waals surface area contributed by atoms with E-state index >= 15 is 0 Å². The Kier molecular flexibility index (Phi) is 9.42. The van der Waals surface area contributed by atoms with E-state index in [1.807, 2.05) is 60.7 Å². The molecule has 0 unspecified atom stereocenters. The summed E-state index contributed by atoms with van der Waals surface area (Å²) in [7, 11) is 0. The van der Waals surface area contributed by atoms with Crippen LogP contribution in [-0.2, 0) is 0 Å². The molecule has 90 heavy (non-hydrogen) atoms. The van der Waals surface area contributed by atoms with Crippen molar-refractivity contribution >= 4 is 130 Å². The van der Waals surface area contributed by atoms with Gasteiger partial charge in [-0.25, -0.2) is 19.9 Å². The molecule has 0 N–H and O–H groups in total. The van der Waals surface area contributed by atoms with Gasteiger partial charge in [-0.1, -0.05) is 200 Å². The standard InChI is InChI=1S/C42H23N3O.C40H21N3O/c1-3-12-26-24(10-1)20-22-31-36(26)28-14-5-6-15-29(28)41-38(31)37-27-13-4-2-11-25(27)21-23-33(37)45(41)42-43-32-17-9-19-35-39(32)40(44-42)30-16-7-8-18-34(30)46-35;1-2-10-23-22(9-1)19-20-31-36(23)37-28-15-7-14-26-24-11-3-4-12-25(24)29(35(26)28)21-32(37)43(31)40-41-30-16-8-18-34-38(30)39(42-40)27-13-5-6-17-33(27)44-34/h1-23H;1-21H. The number of aromatic nitrogens is 6. The minimum atomic E-state index is 0.650. The zero-order chi connectivity index (χ0) is 58.4. The third-order valence-electron chi connectivity index (χ3n) is 19.3. The molecule has 4 aromatic heterocycles. The first-order valence-corrected chi connectivity index (χ1v) is 30.5. The first-order chi connectivity index (χ1) is 44.7. The number of benzene rings is 15. The van der Waals surface area contributed by atoms with Gasteiger partial charge in [-0.2, -0.15) is 0 Å². The first kappa shape index (κ1) is 47.9. The maximum absolute atomic E-state index is 6.32.